The van der Waals surface area contributed by atoms with Crippen LogP contribution in [0.5, 0.6) is 0 Å². The molecule has 0 spiro atoms. The standard InChI is InChI=1S/C30H29ClN6O3S.C2HF3O2/c31-23-7-6-22(29(40)37-14-12-35(13-15-37)19-27(38)36-10-1-2-11-36)18-25(23)33-30-34-28(39)26(41-30)17-20-5-8-24-21(16-20)4-3-9-32-24;3-2(4,5)1(6)7/h3-9,16-18H,1-2,10-15,19H2,(H,33,34,39);(H,6,7)/b26-17-;. The van der Waals surface area contributed by atoms with Crippen LogP contribution in [0.3, 0.4) is 0 Å². The third-order valence-electron chi connectivity index (χ3n) is 7.72. The first-order valence-electron chi connectivity index (χ1n) is 14.9. The summed E-state index contributed by atoms with van der Waals surface area (Å²) in [6.07, 6.45) is 0.624. The van der Waals surface area contributed by atoms with Crippen LogP contribution in [0, 0.1) is 0 Å². The number of aromatic nitrogens is 1. The Bertz CT molecular complexity index is 1790. The predicted molar refractivity (Wildman–Crippen MR) is 177 cm³/mol. The Morgan fingerprint density at radius 3 is 2.38 bits per heavy atom. The Kier molecular flexibility index (Phi) is 11.0. The van der Waals surface area contributed by atoms with Crippen molar-refractivity contribution in [3.63, 3.8) is 0 Å². The minimum absolute atomic E-state index is 0.0984. The molecule has 11 nitrogen and oxygen atoms in total. The number of benzene rings is 2. The lowest BCUT2D eigenvalue weighted by molar-refractivity contribution is -0.192. The molecule has 2 saturated heterocycles. The highest BCUT2D eigenvalue weighted by Gasteiger charge is 2.38. The van der Waals surface area contributed by atoms with Crippen molar-refractivity contribution in [2.24, 2.45) is 4.99 Å². The summed E-state index contributed by atoms with van der Waals surface area (Å²) in [6, 6.07) is 14.7. The number of carbonyl (C=O) groups excluding carboxylic acids is 3. The van der Waals surface area contributed by atoms with Crippen molar-refractivity contribution in [3.05, 3.63) is 75.8 Å². The van der Waals surface area contributed by atoms with E-state index >= 15 is 0 Å². The van der Waals surface area contributed by atoms with Crippen LogP contribution in [0.2, 0.25) is 5.02 Å². The van der Waals surface area contributed by atoms with Crippen LogP contribution in [-0.2, 0) is 14.4 Å². The quantitative estimate of drug-likeness (QED) is 0.353. The van der Waals surface area contributed by atoms with Crippen molar-refractivity contribution in [2.75, 3.05) is 51.1 Å². The number of nitrogens with one attached hydrogen (secondary N) is 1. The number of fused-ring (bicyclic) bond motifs is 1. The first kappa shape index (κ1) is 34.9. The molecule has 0 saturated carbocycles. The van der Waals surface area contributed by atoms with E-state index in [0.717, 1.165) is 42.4 Å². The predicted octanol–water partition coefficient (Wildman–Crippen LogP) is 4.98. The van der Waals surface area contributed by atoms with Gasteiger partial charge in [-0.15, -0.1) is 0 Å². The van der Waals surface area contributed by atoms with Gasteiger partial charge in [0.25, 0.3) is 11.8 Å². The second-order valence-corrected chi connectivity index (χ2v) is 12.5. The summed E-state index contributed by atoms with van der Waals surface area (Å²) in [5.74, 6) is -3.02. The molecule has 3 aliphatic rings. The number of carboxylic acid groups (broad SMARTS) is 1. The van der Waals surface area contributed by atoms with Crippen LogP contribution in [0.4, 0.5) is 18.9 Å². The highest BCUT2D eigenvalue weighted by atomic mass is 35.5. The van der Waals surface area contributed by atoms with Gasteiger partial charge in [0.05, 0.1) is 27.7 Å². The van der Waals surface area contributed by atoms with E-state index in [-0.39, 0.29) is 17.7 Å². The number of piperazine rings is 1. The van der Waals surface area contributed by atoms with Gasteiger partial charge in [0.15, 0.2) is 5.17 Å². The molecule has 4 heterocycles. The molecular formula is C32H30ClF3N6O5S. The number of pyridine rings is 1. The number of thioether (sulfide) groups is 1. The molecule has 0 radical (unpaired) electrons. The largest absolute Gasteiger partial charge is 0.490 e. The minimum Gasteiger partial charge on any atom is -0.475 e. The summed E-state index contributed by atoms with van der Waals surface area (Å²) in [6.45, 7) is 4.52. The summed E-state index contributed by atoms with van der Waals surface area (Å²) >= 11 is 7.67. The fourth-order valence-electron chi connectivity index (χ4n) is 5.22. The van der Waals surface area contributed by atoms with E-state index in [2.05, 4.69) is 20.2 Å². The lowest BCUT2D eigenvalue weighted by Gasteiger charge is -2.35. The van der Waals surface area contributed by atoms with Crippen molar-refractivity contribution in [2.45, 2.75) is 19.0 Å². The molecule has 0 atom stereocenters. The monoisotopic (exact) mass is 702 g/mol. The Morgan fingerprint density at radius 2 is 1.69 bits per heavy atom. The summed E-state index contributed by atoms with van der Waals surface area (Å²) in [7, 11) is 0. The number of amides is 3. The number of likely N-dealkylation sites (tertiary alicyclic amines) is 1. The molecule has 2 N–H and O–H groups in total. The lowest BCUT2D eigenvalue weighted by atomic mass is 10.1. The number of anilines is 1. The second-order valence-electron chi connectivity index (χ2n) is 11.1. The minimum atomic E-state index is -5.08. The number of carboxylic acids is 1. The Labute approximate surface area is 282 Å². The van der Waals surface area contributed by atoms with Gasteiger partial charge in [-0.25, -0.2) is 4.79 Å². The van der Waals surface area contributed by atoms with Gasteiger partial charge >= 0.3 is 12.1 Å². The molecule has 3 amide bonds. The first-order chi connectivity index (χ1) is 22.9. The highest BCUT2D eigenvalue weighted by Crippen LogP contribution is 2.32. The molecule has 0 aliphatic carbocycles. The van der Waals surface area contributed by atoms with Crippen molar-refractivity contribution in [1.82, 2.24) is 19.7 Å². The highest BCUT2D eigenvalue weighted by molar-refractivity contribution is 8.18. The number of carbonyl (C=O) groups is 4. The summed E-state index contributed by atoms with van der Waals surface area (Å²) in [4.78, 5) is 62.1. The lowest BCUT2D eigenvalue weighted by Crippen LogP contribution is -2.51. The molecule has 2 fully saturated rings. The summed E-state index contributed by atoms with van der Waals surface area (Å²) < 4.78 is 31.7. The van der Waals surface area contributed by atoms with Gasteiger partial charge in [-0.2, -0.15) is 18.2 Å². The number of rotatable bonds is 5. The Morgan fingerprint density at radius 1 is 0.979 bits per heavy atom. The number of aliphatic imine (C=N–C) groups is 1. The van der Waals surface area contributed by atoms with Crippen molar-refractivity contribution in [1.29, 1.82) is 0 Å². The SMILES string of the molecule is O=C(O)C(F)(F)F.O=C1N=C(Nc2cc(C(=O)N3CCN(CC(=O)N4CCCC4)CC3)ccc2Cl)S/C1=C\c1ccc2ncccc2c1. The molecule has 2 aromatic carbocycles. The molecule has 0 unspecified atom stereocenters. The van der Waals surface area contributed by atoms with Gasteiger partial charge in [0.1, 0.15) is 0 Å². The van der Waals surface area contributed by atoms with E-state index < -0.39 is 12.1 Å². The Hall–Kier alpha value is -4.47. The smallest absolute Gasteiger partial charge is 0.475 e. The zero-order valence-corrected chi connectivity index (χ0v) is 26.9. The number of aliphatic carboxylic acids is 1. The van der Waals surface area contributed by atoms with E-state index in [1.165, 1.54) is 11.8 Å². The van der Waals surface area contributed by atoms with E-state index in [1.807, 2.05) is 35.2 Å². The normalized spacial score (nSPS) is 17.7. The maximum Gasteiger partial charge on any atom is 0.490 e. The van der Waals surface area contributed by atoms with Crippen molar-refractivity contribution in [3.8, 4) is 0 Å². The fourth-order valence-corrected chi connectivity index (χ4v) is 6.21. The third-order valence-corrected chi connectivity index (χ3v) is 8.95. The zero-order valence-electron chi connectivity index (χ0n) is 25.4. The summed E-state index contributed by atoms with van der Waals surface area (Å²) in [5, 5.41) is 12.1. The molecule has 48 heavy (non-hydrogen) atoms. The molecule has 6 rings (SSSR count). The van der Waals surface area contributed by atoms with E-state index in [0.29, 0.717) is 59.1 Å². The summed E-state index contributed by atoms with van der Waals surface area (Å²) in [5.41, 5.74) is 2.76. The van der Waals surface area contributed by atoms with Gasteiger partial charge in [-0.1, -0.05) is 23.7 Å². The average Bonchev–Trinajstić information content (AvgIpc) is 3.72. The van der Waals surface area contributed by atoms with Crippen LogP contribution < -0.4 is 5.32 Å². The third kappa shape index (κ3) is 8.90. The topological polar surface area (TPSA) is 136 Å². The number of nitrogens with zero attached hydrogens (tertiary/aromatic N) is 5. The van der Waals surface area contributed by atoms with E-state index in [1.54, 1.807) is 35.4 Å². The van der Waals surface area contributed by atoms with Crippen LogP contribution in [-0.4, -0.2) is 106 Å². The first-order valence-corrected chi connectivity index (χ1v) is 16.1. The van der Waals surface area contributed by atoms with Gasteiger partial charge in [-0.05, 0) is 72.6 Å². The zero-order chi connectivity index (χ0) is 34.4. The maximum atomic E-state index is 13.3. The van der Waals surface area contributed by atoms with Crippen LogP contribution in [0.25, 0.3) is 17.0 Å². The Balaban J connectivity index is 0.000000582. The molecule has 16 heteroatoms. The fraction of sp³-hybridized carbons (Fsp3) is 0.312. The van der Waals surface area contributed by atoms with Crippen LogP contribution >= 0.6 is 23.4 Å². The number of hydrogen-bond donors (Lipinski definition) is 2. The van der Waals surface area contributed by atoms with Gasteiger partial charge in [0, 0.05) is 56.4 Å². The van der Waals surface area contributed by atoms with Gasteiger partial charge in [-0.3, -0.25) is 24.3 Å². The second kappa shape index (κ2) is 15.2. The van der Waals surface area contributed by atoms with Gasteiger partial charge < -0.3 is 20.2 Å². The van der Waals surface area contributed by atoms with E-state index in [9.17, 15) is 27.6 Å². The maximum absolute atomic E-state index is 13.3. The average molecular weight is 703 g/mol. The van der Waals surface area contributed by atoms with Gasteiger partial charge in [0.2, 0.25) is 5.91 Å². The van der Waals surface area contributed by atoms with Crippen molar-refractivity contribution >= 4 is 74.9 Å². The van der Waals surface area contributed by atoms with Crippen molar-refractivity contribution < 1.29 is 37.5 Å². The molecule has 0 bridgehead atoms. The number of halogens is 4. The number of hydrogen-bond acceptors (Lipinski definition) is 8. The van der Waals surface area contributed by atoms with E-state index in [4.69, 9.17) is 21.5 Å². The molecular weight excluding hydrogens is 673 g/mol. The molecule has 3 aromatic rings. The molecule has 3 aliphatic heterocycles. The number of amidine groups is 1. The van der Waals surface area contributed by atoms with Crippen LogP contribution in [0.1, 0.15) is 28.8 Å². The number of alkyl halides is 3. The molecule has 1 aromatic heterocycles. The molecule has 252 valence electrons. The van der Waals surface area contributed by atoms with Crippen LogP contribution in [0.15, 0.2) is 64.6 Å².